The van der Waals surface area contributed by atoms with Crippen LogP contribution in [0.2, 0.25) is 0 Å². The number of carbonyl (C=O) groups excluding carboxylic acids is 1. The SMILES string of the molecule is COc1ccccc1/C=C/C(=O)NCC(CC(C)C)N1CCOCC1. The molecule has 5 heteroatoms. The van der Waals surface area contributed by atoms with Crippen molar-refractivity contribution >= 4 is 12.0 Å². The lowest BCUT2D eigenvalue weighted by molar-refractivity contribution is -0.116. The summed E-state index contributed by atoms with van der Waals surface area (Å²) >= 11 is 0. The first kappa shape index (κ1) is 19.5. The van der Waals surface area contributed by atoms with Crippen molar-refractivity contribution in [3.05, 3.63) is 35.9 Å². The molecule has 5 nitrogen and oxygen atoms in total. The second-order valence-corrected chi connectivity index (χ2v) is 6.75. The number of nitrogens with zero attached hydrogens (tertiary/aromatic N) is 1. The summed E-state index contributed by atoms with van der Waals surface area (Å²) in [7, 11) is 1.63. The first-order valence-corrected chi connectivity index (χ1v) is 9.01. The number of rotatable bonds is 8. The Labute approximate surface area is 151 Å². The van der Waals surface area contributed by atoms with Gasteiger partial charge in [0, 0.05) is 37.3 Å². The van der Waals surface area contributed by atoms with Gasteiger partial charge in [0.1, 0.15) is 5.75 Å². The average Bonchev–Trinajstić information content (AvgIpc) is 2.64. The molecule has 1 aromatic rings. The van der Waals surface area contributed by atoms with Gasteiger partial charge >= 0.3 is 0 Å². The Hall–Kier alpha value is -1.85. The lowest BCUT2D eigenvalue weighted by atomic mass is 10.0. The number of para-hydroxylation sites is 1. The Morgan fingerprint density at radius 1 is 1.32 bits per heavy atom. The molecule has 0 aliphatic carbocycles. The van der Waals surface area contributed by atoms with Gasteiger partial charge in [-0.25, -0.2) is 0 Å². The predicted molar refractivity (Wildman–Crippen MR) is 101 cm³/mol. The van der Waals surface area contributed by atoms with Crippen molar-refractivity contribution in [2.45, 2.75) is 26.3 Å². The number of nitrogens with one attached hydrogen (secondary N) is 1. The van der Waals surface area contributed by atoms with E-state index in [9.17, 15) is 4.79 Å². The molecule has 138 valence electrons. The van der Waals surface area contributed by atoms with Gasteiger partial charge in [-0.3, -0.25) is 9.69 Å². The van der Waals surface area contributed by atoms with E-state index >= 15 is 0 Å². The van der Waals surface area contributed by atoms with Crippen LogP contribution in [0.4, 0.5) is 0 Å². The molecular weight excluding hydrogens is 316 g/mol. The van der Waals surface area contributed by atoms with Crippen LogP contribution in [0.5, 0.6) is 5.75 Å². The molecule has 0 saturated carbocycles. The van der Waals surface area contributed by atoms with Gasteiger partial charge in [-0.2, -0.15) is 0 Å². The number of amides is 1. The van der Waals surface area contributed by atoms with Crippen LogP contribution in [0.3, 0.4) is 0 Å². The van der Waals surface area contributed by atoms with Gasteiger partial charge in [0.25, 0.3) is 0 Å². The van der Waals surface area contributed by atoms with Crippen LogP contribution in [-0.4, -0.2) is 56.8 Å². The van der Waals surface area contributed by atoms with E-state index < -0.39 is 0 Å². The number of methoxy groups -OCH3 is 1. The predicted octanol–water partition coefficient (Wildman–Crippen LogP) is 2.57. The maximum atomic E-state index is 12.2. The first-order chi connectivity index (χ1) is 12.1. The standard InChI is InChI=1S/C20H30N2O3/c1-16(2)14-18(22-10-12-25-13-11-22)15-21-20(23)9-8-17-6-4-5-7-19(17)24-3/h4-9,16,18H,10-15H2,1-3H3,(H,21,23)/b9-8+. The Kier molecular flexibility index (Phi) is 7.95. The molecule has 1 aliphatic rings. The van der Waals surface area contributed by atoms with Gasteiger partial charge in [0.2, 0.25) is 5.91 Å². The Bertz CT molecular complexity index is 566. The molecule has 0 aromatic heterocycles. The molecule has 1 heterocycles. The van der Waals surface area contributed by atoms with Crippen LogP contribution >= 0.6 is 0 Å². The summed E-state index contributed by atoms with van der Waals surface area (Å²) < 4.78 is 10.7. The molecule has 0 bridgehead atoms. The van der Waals surface area contributed by atoms with Crippen LogP contribution in [0, 0.1) is 5.92 Å². The number of morpholine rings is 1. The molecule has 1 saturated heterocycles. The molecule has 1 atom stereocenters. The minimum atomic E-state index is -0.0760. The molecule has 0 radical (unpaired) electrons. The molecule has 1 fully saturated rings. The smallest absolute Gasteiger partial charge is 0.244 e. The number of carbonyl (C=O) groups is 1. The molecule has 1 aliphatic heterocycles. The molecule has 1 amide bonds. The highest BCUT2D eigenvalue weighted by Crippen LogP contribution is 2.18. The van der Waals surface area contributed by atoms with Crippen molar-refractivity contribution < 1.29 is 14.3 Å². The van der Waals surface area contributed by atoms with E-state index in [2.05, 4.69) is 24.1 Å². The fourth-order valence-electron chi connectivity index (χ4n) is 3.10. The Balaban J connectivity index is 1.90. The largest absolute Gasteiger partial charge is 0.496 e. The monoisotopic (exact) mass is 346 g/mol. The number of ether oxygens (including phenoxy) is 2. The van der Waals surface area contributed by atoms with Crippen molar-refractivity contribution in [2.24, 2.45) is 5.92 Å². The van der Waals surface area contributed by atoms with Gasteiger partial charge in [-0.1, -0.05) is 32.0 Å². The highest BCUT2D eigenvalue weighted by molar-refractivity contribution is 5.92. The third-order valence-electron chi connectivity index (χ3n) is 4.37. The van der Waals surface area contributed by atoms with Crippen molar-refractivity contribution in [2.75, 3.05) is 40.0 Å². The second kappa shape index (κ2) is 10.2. The van der Waals surface area contributed by atoms with Crippen molar-refractivity contribution in [3.63, 3.8) is 0 Å². The summed E-state index contributed by atoms with van der Waals surface area (Å²) in [5, 5.41) is 3.04. The average molecular weight is 346 g/mol. The van der Waals surface area contributed by atoms with E-state index in [4.69, 9.17) is 9.47 Å². The van der Waals surface area contributed by atoms with Crippen LogP contribution in [-0.2, 0) is 9.53 Å². The zero-order chi connectivity index (χ0) is 18.1. The minimum absolute atomic E-state index is 0.0760. The highest BCUT2D eigenvalue weighted by atomic mass is 16.5. The van der Waals surface area contributed by atoms with Gasteiger partial charge in [0.05, 0.1) is 20.3 Å². The van der Waals surface area contributed by atoms with E-state index in [1.54, 1.807) is 19.3 Å². The van der Waals surface area contributed by atoms with Crippen LogP contribution in [0.25, 0.3) is 6.08 Å². The lowest BCUT2D eigenvalue weighted by Gasteiger charge is -2.35. The Morgan fingerprint density at radius 3 is 2.72 bits per heavy atom. The summed E-state index contributed by atoms with van der Waals surface area (Å²) in [4.78, 5) is 14.6. The first-order valence-electron chi connectivity index (χ1n) is 9.01. The quantitative estimate of drug-likeness (QED) is 0.735. The minimum Gasteiger partial charge on any atom is -0.496 e. The molecular formula is C20H30N2O3. The van der Waals surface area contributed by atoms with E-state index in [1.165, 1.54) is 0 Å². The van der Waals surface area contributed by atoms with E-state index in [0.717, 1.165) is 44.0 Å². The van der Waals surface area contributed by atoms with Gasteiger partial charge < -0.3 is 14.8 Å². The maximum absolute atomic E-state index is 12.2. The van der Waals surface area contributed by atoms with Gasteiger partial charge in [-0.05, 0) is 24.5 Å². The number of hydrogen-bond donors (Lipinski definition) is 1. The molecule has 1 aromatic carbocycles. The van der Waals surface area contributed by atoms with Crippen LogP contribution in [0.1, 0.15) is 25.8 Å². The summed E-state index contributed by atoms with van der Waals surface area (Å²) in [5.74, 6) is 1.28. The van der Waals surface area contributed by atoms with E-state index in [-0.39, 0.29) is 5.91 Å². The molecule has 0 spiro atoms. The second-order valence-electron chi connectivity index (χ2n) is 6.75. The van der Waals surface area contributed by atoms with E-state index in [1.807, 2.05) is 24.3 Å². The maximum Gasteiger partial charge on any atom is 0.244 e. The summed E-state index contributed by atoms with van der Waals surface area (Å²) in [5.41, 5.74) is 0.895. The third kappa shape index (κ3) is 6.52. The van der Waals surface area contributed by atoms with Crippen LogP contribution < -0.4 is 10.1 Å². The fraction of sp³-hybridized carbons (Fsp3) is 0.550. The summed E-state index contributed by atoms with van der Waals surface area (Å²) in [6, 6.07) is 8.01. The van der Waals surface area contributed by atoms with Gasteiger partial charge in [0.15, 0.2) is 0 Å². The number of benzene rings is 1. The van der Waals surface area contributed by atoms with E-state index in [0.29, 0.717) is 18.5 Å². The number of hydrogen-bond acceptors (Lipinski definition) is 4. The molecule has 1 unspecified atom stereocenters. The summed E-state index contributed by atoms with van der Waals surface area (Å²) in [6.07, 6.45) is 4.43. The molecule has 2 rings (SSSR count). The van der Waals surface area contributed by atoms with Crippen molar-refractivity contribution in [1.82, 2.24) is 10.2 Å². The third-order valence-corrected chi connectivity index (χ3v) is 4.37. The molecule has 25 heavy (non-hydrogen) atoms. The Morgan fingerprint density at radius 2 is 2.04 bits per heavy atom. The van der Waals surface area contributed by atoms with Crippen LogP contribution in [0.15, 0.2) is 30.3 Å². The summed E-state index contributed by atoms with van der Waals surface area (Å²) in [6.45, 7) is 8.52. The van der Waals surface area contributed by atoms with Crippen molar-refractivity contribution in [3.8, 4) is 5.75 Å². The highest BCUT2D eigenvalue weighted by Gasteiger charge is 2.22. The zero-order valence-corrected chi connectivity index (χ0v) is 15.5. The fourth-order valence-corrected chi connectivity index (χ4v) is 3.10. The normalized spacial score (nSPS) is 17.0. The zero-order valence-electron chi connectivity index (χ0n) is 15.5. The lowest BCUT2D eigenvalue weighted by Crippen LogP contribution is -2.49. The van der Waals surface area contributed by atoms with Crippen molar-refractivity contribution in [1.29, 1.82) is 0 Å². The topological polar surface area (TPSA) is 50.8 Å². The van der Waals surface area contributed by atoms with Gasteiger partial charge in [-0.15, -0.1) is 0 Å². The molecule has 1 N–H and O–H groups in total.